The number of carbonyl (C=O) groups excluding carboxylic acids is 1. The number of allylic oxidation sites excluding steroid dienone is 1. The zero-order valence-electron chi connectivity index (χ0n) is 7.00. The van der Waals surface area contributed by atoms with Crippen molar-refractivity contribution in [1.29, 1.82) is 0 Å². The van der Waals surface area contributed by atoms with E-state index in [-0.39, 0.29) is 5.78 Å². The summed E-state index contributed by atoms with van der Waals surface area (Å²) in [6.45, 7) is 0. The van der Waals surface area contributed by atoms with Crippen LogP contribution in [0, 0.1) is 0 Å². The van der Waals surface area contributed by atoms with Gasteiger partial charge in [-0.1, -0.05) is 15.9 Å². The normalized spacial score (nSPS) is 14.3. The molecule has 0 radical (unpaired) electrons. The van der Waals surface area contributed by atoms with E-state index in [1.165, 1.54) is 11.8 Å². The van der Waals surface area contributed by atoms with Gasteiger partial charge in [-0.3, -0.25) is 4.79 Å². The van der Waals surface area contributed by atoms with Gasteiger partial charge < -0.3 is 0 Å². The average Bonchev–Trinajstić information content (AvgIpc) is 2.42. The molecule has 0 amide bonds. The zero-order valence-corrected chi connectivity index (χ0v) is 9.41. The van der Waals surface area contributed by atoms with Gasteiger partial charge in [0.1, 0.15) is 0 Å². The van der Waals surface area contributed by atoms with Crippen LogP contribution >= 0.6 is 27.7 Å². The van der Waals surface area contributed by atoms with Crippen molar-refractivity contribution in [2.24, 2.45) is 0 Å². The molecular formula is C10H7BrOS. The molecule has 0 saturated heterocycles. The minimum atomic E-state index is 0.148. The SMILES string of the molecule is CSC1=Cc2cc(Br)ccc2C1=O. The first-order chi connectivity index (χ1) is 6.22. The van der Waals surface area contributed by atoms with Crippen LogP contribution < -0.4 is 0 Å². The number of thioether (sulfide) groups is 1. The van der Waals surface area contributed by atoms with Gasteiger partial charge in [0.2, 0.25) is 0 Å². The fourth-order valence-electron chi connectivity index (χ4n) is 1.35. The Morgan fingerprint density at radius 3 is 2.85 bits per heavy atom. The van der Waals surface area contributed by atoms with Crippen molar-refractivity contribution in [1.82, 2.24) is 0 Å². The van der Waals surface area contributed by atoms with Gasteiger partial charge in [0, 0.05) is 10.0 Å². The van der Waals surface area contributed by atoms with E-state index in [2.05, 4.69) is 15.9 Å². The molecule has 0 unspecified atom stereocenters. The van der Waals surface area contributed by atoms with Gasteiger partial charge in [-0.2, -0.15) is 0 Å². The summed E-state index contributed by atoms with van der Waals surface area (Å²) in [4.78, 5) is 12.5. The van der Waals surface area contributed by atoms with Crippen molar-refractivity contribution in [3.05, 3.63) is 38.7 Å². The standard InChI is InChI=1S/C10H7BrOS/c1-13-9-5-6-4-7(11)2-3-8(6)10(9)12/h2-5H,1H3. The topological polar surface area (TPSA) is 17.1 Å². The minimum Gasteiger partial charge on any atom is -0.288 e. The number of benzene rings is 1. The highest BCUT2D eigenvalue weighted by molar-refractivity contribution is 9.10. The van der Waals surface area contributed by atoms with Crippen molar-refractivity contribution in [2.75, 3.05) is 6.26 Å². The number of fused-ring (bicyclic) bond motifs is 1. The second-order valence-corrected chi connectivity index (χ2v) is 4.54. The van der Waals surface area contributed by atoms with E-state index in [0.29, 0.717) is 0 Å². The van der Waals surface area contributed by atoms with Gasteiger partial charge in [-0.25, -0.2) is 0 Å². The average molecular weight is 255 g/mol. The molecule has 66 valence electrons. The van der Waals surface area contributed by atoms with Gasteiger partial charge in [-0.05, 0) is 36.1 Å². The first-order valence-electron chi connectivity index (χ1n) is 3.82. The number of halogens is 1. The Hall–Kier alpha value is -0.540. The first kappa shape index (κ1) is 9.03. The van der Waals surface area contributed by atoms with Gasteiger partial charge >= 0.3 is 0 Å². The number of ketones is 1. The third kappa shape index (κ3) is 1.46. The lowest BCUT2D eigenvalue weighted by molar-refractivity contribution is 0.104. The lowest BCUT2D eigenvalue weighted by Gasteiger charge is -1.96. The van der Waals surface area contributed by atoms with E-state index < -0.39 is 0 Å². The summed E-state index contributed by atoms with van der Waals surface area (Å²) in [5, 5.41) is 0. The number of hydrogen-bond donors (Lipinski definition) is 0. The second kappa shape index (κ2) is 3.31. The van der Waals surface area contributed by atoms with Crippen LogP contribution in [0.1, 0.15) is 15.9 Å². The molecule has 0 heterocycles. The lowest BCUT2D eigenvalue weighted by Crippen LogP contribution is -1.94. The summed E-state index contributed by atoms with van der Waals surface area (Å²) in [6, 6.07) is 5.73. The number of Topliss-reactive ketones (excluding diaryl/α,β-unsaturated/α-hetero) is 1. The summed E-state index contributed by atoms with van der Waals surface area (Å²) in [7, 11) is 0. The molecule has 2 rings (SSSR count). The van der Waals surface area contributed by atoms with Gasteiger partial charge in [0.15, 0.2) is 5.78 Å². The van der Waals surface area contributed by atoms with Crippen molar-refractivity contribution < 1.29 is 4.79 Å². The smallest absolute Gasteiger partial charge is 0.199 e. The van der Waals surface area contributed by atoms with Crippen molar-refractivity contribution in [3.63, 3.8) is 0 Å². The van der Waals surface area contributed by atoms with Crippen molar-refractivity contribution >= 4 is 39.6 Å². The van der Waals surface area contributed by atoms with E-state index in [9.17, 15) is 4.79 Å². The summed E-state index contributed by atoms with van der Waals surface area (Å²) < 4.78 is 1.01. The minimum absolute atomic E-state index is 0.148. The number of hydrogen-bond acceptors (Lipinski definition) is 2. The van der Waals surface area contributed by atoms with E-state index in [0.717, 1.165) is 20.5 Å². The Morgan fingerprint density at radius 2 is 2.15 bits per heavy atom. The summed E-state index contributed by atoms with van der Waals surface area (Å²) in [5.41, 5.74) is 1.83. The molecule has 0 N–H and O–H groups in total. The van der Waals surface area contributed by atoms with Crippen LogP contribution in [0.25, 0.3) is 6.08 Å². The molecular weight excluding hydrogens is 248 g/mol. The van der Waals surface area contributed by atoms with E-state index in [1.807, 2.05) is 30.5 Å². The molecule has 3 heteroatoms. The highest BCUT2D eigenvalue weighted by Gasteiger charge is 2.21. The van der Waals surface area contributed by atoms with Crippen LogP contribution in [0.4, 0.5) is 0 Å². The second-order valence-electron chi connectivity index (χ2n) is 2.77. The molecule has 0 aromatic heterocycles. The van der Waals surface area contributed by atoms with E-state index in [1.54, 1.807) is 0 Å². The van der Waals surface area contributed by atoms with Gasteiger partial charge in [0.05, 0.1) is 4.91 Å². The summed E-state index contributed by atoms with van der Waals surface area (Å²) in [6.07, 6.45) is 3.86. The van der Waals surface area contributed by atoms with Gasteiger partial charge in [-0.15, -0.1) is 11.8 Å². The lowest BCUT2D eigenvalue weighted by atomic mass is 10.1. The molecule has 0 aliphatic heterocycles. The Morgan fingerprint density at radius 1 is 1.38 bits per heavy atom. The third-order valence-electron chi connectivity index (χ3n) is 1.99. The van der Waals surface area contributed by atoms with Crippen LogP contribution in [0.5, 0.6) is 0 Å². The fourth-order valence-corrected chi connectivity index (χ4v) is 2.27. The molecule has 0 fully saturated rings. The van der Waals surface area contributed by atoms with Crippen LogP contribution in [0.15, 0.2) is 27.6 Å². The fraction of sp³-hybridized carbons (Fsp3) is 0.100. The predicted molar refractivity (Wildman–Crippen MR) is 60.0 cm³/mol. The van der Waals surface area contributed by atoms with Crippen molar-refractivity contribution in [3.8, 4) is 0 Å². The predicted octanol–water partition coefficient (Wildman–Crippen LogP) is 3.35. The molecule has 1 aromatic carbocycles. The zero-order chi connectivity index (χ0) is 9.42. The quantitative estimate of drug-likeness (QED) is 0.765. The molecule has 1 aliphatic carbocycles. The molecule has 0 bridgehead atoms. The van der Waals surface area contributed by atoms with Crippen molar-refractivity contribution in [2.45, 2.75) is 0 Å². The van der Waals surface area contributed by atoms with E-state index >= 15 is 0 Å². The Bertz CT molecular complexity index is 409. The molecule has 13 heavy (non-hydrogen) atoms. The maximum Gasteiger partial charge on any atom is 0.199 e. The highest BCUT2D eigenvalue weighted by Crippen LogP contribution is 2.32. The van der Waals surface area contributed by atoms with Crippen LogP contribution in [-0.4, -0.2) is 12.0 Å². The number of carbonyl (C=O) groups is 1. The highest BCUT2D eigenvalue weighted by atomic mass is 79.9. The number of rotatable bonds is 1. The molecule has 1 aromatic rings. The summed E-state index contributed by atoms with van der Waals surface area (Å²) >= 11 is 4.88. The monoisotopic (exact) mass is 254 g/mol. The molecule has 0 saturated carbocycles. The molecule has 1 nitrogen and oxygen atoms in total. The maximum absolute atomic E-state index is 11.6. The Labute approximate surface area is 89.3 Å². The van der Waals surface area contributed by atoms with Crippen LogP contribution in [0.2, 0.25) is 0 Å². The van der Waals surface area contributed by atoms with Gasteiger partial charge in [0.25, 0.3) is 0 Å². The summed E-state index contributed by atoms with van der Waals surface area (Å²) in [5.74, 6) is 0.148. The Kier molecular flexibility index (Phi) is 2.30. The maximum atomic E-state index is 11.6. The first-order valence-corrected chi connectivity index (χ1v) is 5.84. The largest absolute Gasteiger partial charge is 0.288 e. The molecule has 0 atom stereocenters. The molecule has 0 spiro atoms. The third-order valence-corrected chi connectivity index (χ3v) is 3.22. The van der Waals surface area contributed by atoms with Crippen LogP contribution in [0.3, 0.4) is 0 Å². The van der Waals surface area contributed by atoms with Crippen LogP contribution in [-0.2, 0) is 0 Å². The molecule has 1 aliphatic rings. The Balaban J connectivity index is 2.55. The van der Waals surface area contributed by atoms with E-state index in [4.69, 9.17) is 0 Å².